The zero-order valence-electron chi connectivity index (χ0n) is 18.9. The summed E-state index contributed by atoms with van der Waals surface area (Å²) in [6, 6.07) is 15.8. The molecule has 2 heterocycles. The number of carbonyl (C=O) groups excluding carboxylic acids is 1. The van der Waals surface area contributed by atoms with E-state index in [1.807, 2.05) is 0 Å². The summed E-state index contributed by atoms with van der Waals surface area (Å²) in [7, 11) is -0.694. The molecule has 0 spiro atoms. The fourth-order valence-electron chi connectivity index (χ4n) is 3.95. The molecule has 1 amide bonds. The Hall–Kier alpha value is -4.25. The molecule has 11 heteroatoms. The Morgan fingerprint density at radius 1 is 0.886 bits per heavy atom. The summed E-state index contributed by atoms with van der Waals surface area (Å²) in [6.07, 6.45) is 0. The molecular weight excluding hydrogens is 472 g/mol. The van der Waals surface area contributed by atoms with Gasteiger partial charge in [-0.15, -0.1) is 0 Å². The van der Waals surface area contributed by atoms with E-state index in [1.165, 1.54) is 39.5 Å². The SMILES string of the molecule is Cn1c(=O)n(C)c2cc(NC(=O)c3ccccc3NS(=O)(=O)c3ccc4c(c3)OCCO4)ccc21. The van der Waals surface area contributed by atoms with Gasteiger partial charge in [0, 0.05) is 25.8 Å². The van der Waals surface area contributed by atoms with Crippen molar-refractivity contribution >= 4 is 38.3 Å². The number of fused-ring (bicyclic) bond motifs is 2. The number of imidazole rings is 1. The molecule has 0 saturated heterocycles. The lowest BCUT2D eigenvalue weighted by Crippen LogP contribution is -2.19. The van der Waals surface area contributed by atoms with Crippen molar-refractivity contribution in [2.75, 3.05) is 23.3 Å². The molecule has 0 fully saturated rings. The van der Waals surface area contributed by atoms with E-state index in [0.717, 1.165) is 5.52 Å². The third kappa shape index (κ3) is 4.10. The second kappa shape index (κ2) is 8.51. The number of amides is 1. The number of aromatic nitrogens is 2. The number of anilines is 2. The van der Waals surface area contributed by atoms with E-state index in [-0.39, 0.29) is 21.8 Å². The van der Waals surface area contributed by atoms with Gasteiger partial charge in [-0.2, -0.15) is 0 Å². The van der Waals surface area contributed by atoms with Crippen LogP contribution in [-0.4, -0.2) is 36.7 Å². The zero-order chi connectivity index (χ0) is 24.7. The van der Waals surface area contributed by atoms with Crippen molar-refractivity contribution in [3.63, 3.8) is 0 Å². The van der Waals surface area contributed by atoms with E-state index in [2.05, 4.69) is 10.0 Å². The molecule has 1 aromatic heterocycles. The van der Waals surface area contributed by atoms with Gasteiger partial charge in [-0.3, -0.25) is 18.7 Å². The highest BCUT2D eigenvalue weighted by molar-refractivity contribution is 7.92. The van der Waals surface area contributed by atoms with Crippen molar-refractivity contribution in [1.82, 2.24) is 9.13 Å². The number of nitrogens with zero attached hydrogens (tertiary/aromatic N) is 2. The van der Waals surface area contributed by atoms with E-state index in [0.29, 0.717) is 35.9 Å². The number of nitrogens with one attached hydrogen (secondary N) is 2. The zero-order valence-corrected chi connectivity index (χ0v) is 19.8. The first kappa shape index (κ1) is 22.5. The highest BCUT2D eigenvalue weighted by Crippen LogP contribution is 2.33. The number of aryl methyl sites for hydroxylation is 2. The molecule has 2 N–H and O–H groups in total. The summed E-state index contributed by atoms with van der Waals surface area (Å²) in [6.45, 7) is 0.725. The Morgan fingerprint density at radius 2 is 1.60 bits per heavy atom. The van der Waals surface area contributed by atoms with Crippen molar-refractivity contribution < 1.29 is 22.7 Å². The second-order valence-electron chi connectivity index (χ2n) is 8.01. The molecule has 0 atom stereocenters. The summed E-state index contributed by atoms with van der Waals surface area (Å²) >= 11 is 0. The van der Waals surface area contributed by atoms with Gasteiger partial charge in [0.2, 0.25) is 0 Å². The van der Waals surface area contributed by atoms with E-state index in [4.69, 9.17) is 9.47 Å². The minimum atomic E-state index is -4.02. The topological polar surface area (TPSA) is 121 Å². The van der Waals surface area contributed by atoms with Crippen LogP contribution in [0.5, 0.6) is 11.5 Å². The Balaban J connectivity index is 1.42. The van der Waals surface area contributed by atoms with Crippen LogP contribution in [0.1, 0.15) is 10.4 Å². The minimum Gasteiger partial charge on any atom is -0.486 e. The van der Waals surface area contributed by atoms with Crippen LogP contribution < -0.4 is 25.2 Å². The van der Waals surface area contributed by atoms with Gasteiger partial charge in [0.15, 0.2) is 11.5 Å². The van der Waals surface area contributed by atoms with Crippen LogP contribution in [0, 0.1) is 0 Å². The van der Waals surface area contributed by atoms with Crippen LogP contribution in [0.3, 0.4) is 0 Å². The van der Waals surface area contributed by atoms with Crippen molar-refractivity contribution in [1.29, 1.82) is 0 Å². The molecule has 3 aromatic carbocycles. The number of rotatable bonds is 5. The standard InChI is InChI=1S/C24H22N4O6S/c1-27-19-9-7-15(13-20(19)28(2)24(27)30)25-23(29)17-5-3-4-6-18(17)26-35(31,32)16-8-10-21-22(14-16)34-12-11-33-21/h3-10,13-14,26H,11-12H2,1-2H3,(H,25,29). The maximum Gasteiger partial charge on any atom is 0.328 e. The normalized spacial score (nSPS) is 13.0. The number of hydrogen-bond acceptors (Lipinski definition) is 6. The third-order valence-electron chi connectivity index (χ3n) is 5.77. The number of hydrogen-bond donors (Lipinski definition) is 2. The average Bonchev–Trinajstić information content (AvgIpc) is 3.07. The van der Waals surface area contributed by atoms with Gasteiger partial charge >= 0.3 is 5.69 Å². The molecule has 0 radical (unpaired) electrons. The maximum atomic E-state index is 13.1. The number of para-hydroxylation sites is 1. The van der Waals surface area contributed by atoms with Gasteiger partial charge in [-0.05, 0) is 42.5 Å². The van der Waals surface area contributed by atoms with Gasteiger partial charge in [0.05, 0.1) is 27.2 Å². The quantitative estimate of drug-likeness (QED) is 0.440. The van der Waals surface area contributed by atoms with Crippen LogP contribution in [-0.2, 0) is 24.1 Å². The monoisotopic (exact) mass is 494 g/mol. The highest BCUT2D eigenvalue weighted by atomic mass is 32.2. The molecule has 5 rings (SSSR count). The number of carbonyl (C=O) groups is 1. The van der Waals surface area contributed by atoms with Crippen molar-refractivity contribution in [3.05, 3.63) is 76.7 Å². The fraction of sp³-hybridized carbons (Fsp3) is 0.167. The van der Waals surface area contributed by atoms with Crippen LogP contribution in [0.2, 0.25) is 0 Å². The first-order chi connectivity index (χ1) is 16.7. The summed E-state index contributed by atoms with van der Waals surface area (Å²) in [5.74, 6) is 0.310. The van der Waals surface area contributed by atoms with Gasteiger partial charge in [-0.1, -0.05) is 12.1 Å². The minimum absolute atomic E-state index is 0.0209. The summed E-state index contributed by atoms with van der Waals surface area (Å²) < 4.78 is 42.6. The van der Waals surface area contributed by atoms with E-state index < -0.39 is 15.9 Å². The first-order valence-corrected chi connectivity index (χ1v) is 12.2. The molecular formula is C24H22N4O6S. The fourth-order valence-corrected chi connectivity index (χ4v) is 5.04. The van der Waals surface area contributed by atoms with Gasteiger partial charge in [-0.25, -0.2) is 13.2 Å². The second-order valence-corrected chi connectivity index (χ2v) is 9.70. The predicted molar refractivity (Wildman–Crippen MR) is 131 cm³/mol. The number of sulfonamides is 1. The van der Waals surface area contributed by atoms with Crippen LogP contribution in [0.25, 0.3) is 11.0 Å². The van der Waals surface area contributed by atoms with Crippen LogP contribution >= 0.6 is 0 Å². The lowest BCUT2D eigenvalue weighted by molar-refractivity contribution is 0.102. The molecule has 35 heavy (non-hydrogen) atoms. The molecule has 0 saturated carbocycles. The first-order valence-electron chi connectivity index (χ1n) is 10.7. The van der Waals surface area contributed by atoms with Crippen molar-refractivity contribution in [2.24, 2.45) is 14.1 Å². The molecule has 4 aromatic rings. The summed E-state index contributed by atoms with van der Waals surface area (Å²) in [4.78, 5) is 25.2. The van der Waals surface area contributed by atoms with Crippen LogP contribution in [0.4, 0.5) is 11.4 Å². The Labute approximate surface area is 200 Å². The van der Waals surface area contributed by atoms with E-state index in [1.54, 1.807) is 44.4 Å². The Bertz CT molecular complexity index is 1640. The smallest absolute Gasteiger partial charge is 0.328 e. The Morgan fingerprint density at radius 3 is 2.40 bits per heavy atom. The van der Waals surface area contributed by atoms with E-state index >= 15 is 0 Å². The number of benzene rings is 3. The van der Waals surface area contributed by atoms with Gasteiger partial charge < -0.3 is 14.8 Å². The molecule has 0 unspecified atom stereocenters. The summed E-state index contributed by atoms with van der Waals surface area (Å²) in [5, 5.41) is 2.78. The molecule has 1 aliphatic rings. The van der Waals surface area contributed by atoms with Crippen molar-refractivity contribution in [3.8, 4) is 11.5 Å². The highest BCUT2D eigenvalue weighted by Gasteiger charge is 2.22. The maximum absolute atomic E-state index is 13.1. The lowest BCUT2D eigenvalue weighted by Gasteiger charge is -2.19. The molecule has 0 bridgehead atoms. The molecule has 1 aliphatic heterocycles. The molecule has 0 aliphatic carbocycles. The predicted octanol–water partition coefficient (Wildman–Crippen LogP) is 2.70. The molecule has 180 valence electrons. The summed E-state index contributed by atoms with van der Waals surface area (Å²) in [5.41, 5.74) is 1.92. The Kier molecular flexibility index (Phi) is 5.48. The third-order valence-corrected chi connectivity index (χ3v) is 7.13. The van der Waals surface area contributed by atoms with E-state index in [9.17, 15) is 18.0 Å². The number of ether oxygens (including phenoxy) is 2. The van der Waals surface area contributed by atoms with Crippen LogP contribution in [0.15, 0.2) is 70.4 Å². The average molecular weight is 495 g/mol. The van der Waals surface area contributed by atoms with Crippen molar-refractivity contribution in [2.45, 2.75) is 4.90 Å². The molecule has 10 nitrogen and oxygen atoms in total. The largest absolute Gasteiger partial charge is 0.486 e. The lowest BCUT2D eigenvalue weighted by atomic mass is 10.1. The van der Waals surface area contributed by atoms with Gasteiger partial charge in [0.25, 0.3) is 15.9 Å². The van der Waals surface area contributed by atoms with Gasteiger partial charge in [0.1, 0.15) is 13.2 Å².